The van der Waals surface area contributed by atoms with E-state index < -0.39 is 0 Å². The van der Waals surface area contributed by atoms with Gasteiger partial charge in [-0.3, -0.25) is 0 Å². The molecule has 0 unspecified atom stereocenters. The van der Waals surface area contributed by atoms with Gasteiger partial charge < -0.3 is 5.73 Å². The highest BCUT2D eigenvalue weighted by atomic mass is 15.3. The SMILES string of the molecule is [CH2]Cc1n[nH]c(N)n1. The van der Waals surface area contributed by atoms with E-state index in [2.05, 4.69) is 22.1 Å². The first-order valence-electron chi connectivity index (χ1n) is 2.29. The Balaban J connectivity index is 2.84. The summed E-state index contributed by atoms with van der Waals surface area (Å²) in [5.74, 6) is 1.01. The van der Waals surface area contributed by atoms with Gasteiger partial charge in [-0.25, -0.2) is 5.10 Å². The van der Waals surface area contributed by atoms with Crippen molar-refractivity contribution in [1.82, 2.24) is 15.2 Å². The molecule has 0 fully saturated rings. The molecule has 8 heavy (non-hydrogen) atoms. The normalized spacial score (nSPS) is 9.62. The number of nitrogen functional groups attached to an aromatic ring is 1. The summed E-state index contributed by atoms with van der Waals surface area (Å²) in [5, 5.41) is 6.21. The largest absolute Gasteiger partial charge is 0.368 e. The minimum absolute atomic E-state index is 0.351. The average molecular weight is 111 g/mol. The van der Waals surface area contributed by atoms with Gasteiger partial charge in [-0.1, -0.05) is 0 Å². The van der Waals surface area contributed by atoms with Crippen LogP contribution in [0.4, 0.5) is 5.95 Å². The van der Waals surface area contributed by atoms with Crippen molar-refractivity contribution < 1.29 is 0 Å². The molecular formula is C4H7N4. The van der Waals surface area contributed by atoms with Crippen molar-refractivity contribution in [2.45, 2.75) is 6.42 Å². The van der Waals surface area contributed by atoms with Crippen LogP contribution in [0.2, 0.25) is 0 Å². The van der Waals surface area contributed by atoms with Crippen molar-refractivity contribution in [2.24, 2.45) is 0 Å². The van der Waals surface area contributed by atoms with E-state index in [1.54, 1.807) is 0 Å². The number of aromatic nitrogens is 3. The van der Waals surface area contributed by atoms with Crippen LogP contribution in [-0.4, -0.2) is 15.2 Å². The third-order valence-corrected chi connectivity index (χ3v) is 0.773. The molecule has 0 aliphatic heterocycles. The highest BCUT2D eigenvalue weighted by molar-refractivity contribution is 5.12. The number of anilines is 1. The lowest BCUT2D eigenvalue weighted by Crippen LogP contribution is -1.86. The van der Waals surface area contributed by atoms with Crippen LogP contribution in [0.15, 0.2) is 0 Å². The molecule has 1 aromatic heterocycles. The number of nitrogens with two attached hydrogens (primary N) is 1. The van der Waals surface area contributed by atoms with Crippen molar-refractivity contribution >= 4 is 5.95 Å². The van der Waals surface area contributed by atoms with Crippen LogP contribution < -0.4 is 5.73 Å². The number of nitrogens with zero attached hydrogens (tertiary/aromatic N) is 2. The average Bonchev–Trinajstić information content (AvgIpc) is 2.14. The van der Waals surface area contributed by atoms with Gasteiger partial charge in [0.05, 0.1) is 0 Å². The number of rotatable bonds is 1. The van der Waals surface area contributed by atoms with Crippen molar-refractivity contribution in [1.29, 1.82) is 0 Å². The van der Waals surface area contributed by atoms with E-state index in [1.165, 1.54) is 0 Å². The van der Waals surface area contributed by atoms with Gasteiger partial charge in [-0.05, 0) is 6.92 Å². The molecule has 0 aliphatic rings. The van der Waals surface area contributed by atoms with Crippen LogP contribution >= 0.6 is 0 Å². The van der Waals surface area contributed by atoms with Gasteiger partial charge in [0.2, 0.25) is 5.95 Å². The van der Waals surface area contributed by atoms with Crippen molar-refractivity contribution in [3.05, 3.63) is 12.7 Å². The van der Waals surface area contributed by atoms with Gasteiger partial charge in [-0.2, -0.15) is 10.1 Å². The lowest BCUT2D eigenvalue weighted by Gasteiger charge is -1.76. The summed E-state index contributed by atoms with van der Waals surface area (Å²) in [4.78, 5) is 3.78. The quantitative estimate of drug-likeness (QED) is 0.525. The summed E-state index contributed by atoms with van der Waals surface area (Å²) in [6, 6.07) is 0. The molecule has 0 aromatic carbocycles. The van der Waals surface area contributed by atoms with Gasteiger partial charge in [-0.15, -0.1) is 0 Å². The fourth-order valence-electron chi connectivity index (χ4n) is 0.423. The van der Waals surface area contributed by atoms with Gasteiger partial charge in [0, 0.05) is 6.42 Å². The highest BCUT2D eigenvalue weighted by Gasteiger charge is 1.92. The molecule has 0 saturated heterocycles. The second kappa shape index (κ2) is 1.81. The predicted octanol–water partition coefficient (Wildman–Crippen LogP) is -0.237. The molecule has 0 atom stereocenters. The van der Waals surface area contributed by atoms with Crippen LogP contribution in [0.5, 0.6) is 0 Å². The summed E-state index contributed by atoms with van der Waals surface area (Å²) >= 11 is 0. The van der Waals surface area contributed by atoms with E-state index in [0.29, 0.717) is 18.2 Å². The summed E-state index contributed by atoms with van der Waals surface area (Å²) in [7, 11) is 0. The predicted molar refractivity (Wildman–Crippen MR) is 29.9 cm³/mol. The molecule has 4 nitrogen and oxygen atoms in total. The van der Waals surface area contributed by atoms with Crippen molar-refractivity contribution in [3.63, 3.8) is 0 Å². The van der Waals surface area contributed by atoms with E-state index in [1.807, 2.05) is 0 Å². The minimum Gasteiger partial charge on any atom is -0.368 e. The van der Waals surface area contributed by atoms with E-state index in [-0.39, 0.29) is 0 Å². The molecule has 0 bridgehead atoms. The van der Waals surface area contributed by atoms with E-state index in [4.69, 9.17) is 5.73 Å². The van der Waals surface area contributed by atoms with E-state index in [0.717, 1.165) is 0 Å². The van der Waals surface area contributed by atoms with Crippen LogP contribution in [-0.2, 0) is 6.42 Å². The molecule has 1 aromatic rings. The molecule has 43 valence electrons. The Morgan fingerprint density at radius 1 is 1.75 bits per heavy atom. The maximum Gasteiger partial charge on any atom is 0.216 e. The molecule has 4 heteroatoms. The maximum absolute atomic E-state index is 5.20. The summed E-state index contributed by atoms with van der Waals surface area (Å²) in [6.07, 6.45) is 0.577. The standard InChI is InChI=1S/C4H7N4/c1-2-3-6-4(5)8-7-3/h1-2H2,(H3,5,6,7,8). The third-order valence-electron chi connectivity index (χ3n) is 0.773. The van der Waals surface area contributed by atoms with E-state index >= 15 is 0 Å². The lowest BCUT2D eigenvalue weighted by molar-refractivity contribution is 0.990. The second-order valence-corrected chi connectivity index (χ2v) is 1.39. The van der Waals surface area contributed by atoms with Crippen LogP contribution in [0.25, 0.3) is 0 Å². The fourth-order valence-corrected chi connectivity index (χ4v) is 0.423. The first-order chi connectivity index (χ1) is 3.83. The Bertz CT molecular complexity index is 168. The second-order valence-electron chi connectivity index (χ2n) is 1.39. The third kappa shape index (κ3) is 0.776. The highest BCUT2D eigenvalue weighted by Crippen LogP contribution is 1.90. The molecule has 0 aliphatic carbocycles. The van der Waals surface area contributed by atoms with Crippen molar-refractivity contribution in [3.8, 4) is 0 Å². The Morgan fingerprint density at radius 3 is 2.75 bits per heavy atom. The number of nitrogens with one attached hydrogen (secondary N) is 1. The van der Waals surface area contributed by atoms with Crippen LogP contribution in [0, 0.1) is 6.92 Å². The molecule has 0 saturated carbocycles. The molecule has 3 N–H and O–H groups in total. The summed E-state index contributed by atoms with van der Waals surface area (Å²) in [5.41, 5.74) is 5.20. The smallest absolute Gasteiger partial charge is 0.216 e. The monoisotopic (exact) mass is 111 g/mol. The molecule has 1 heterocycles. The van der Waals surface area contributed by atoms with Crippen LogP contribution in [0.1, 0.15) is 5.82 Å². The zero-order valence-corrected chi connectivity index (χ0v) is 4.39. The Morgan fingerprint density at radius 2 is 2.50 bits per heavy atom. The van der Waals surface area contributed by atoms with Gasteiger partial charge in [0.15, 0.2) is 5.82 Å². The first kappa shape index (κ1) is 5.08. The number of aromatic amines is 1. The first-order valence-corrected chi connectivity index (χ1v) is 2.29. The molecule has 0 spiro atoms. The Kier molecular flexibility index (Phi) is 1.15. The Hall–Kier alpha value is -1.06. The molecular weight excluding hydrogens is 104 g/mol. The number of hydrogen-bond acceptors (Lipinski definition) is 3. The van der Waals surface area contributed by atoms with Gasteiger partial charge in [0.25, 0.3) is 0 Å². The fraction of sp³-hybridized carbons (Fsp3) is 0.250. The van der Waals surface area contributed by atoms with Gasteiger partial charge in [0.1, 0.15) is 0 Å². The minimum atomic E-state index is 0.351. The van der Waals surface area contributed by atoms with Crippen molar-refractivity contribution in [2.75, 3.05) is 5.73 Å². The zero-order chi connectivity index (χ0) is 5.98. The summed E-state index contributed by atoms with van der Waals surface area (Å²) < 4.78 is 0. The Labute approximate surface area is 47.1 Å². The maximum atomic E-state index is 5.20. The molecule has 0 amide bonds. The summed E-state index contributed by atoms with van der Waals surface area (Å²) in [6.45, 7) is 3.57. The number of H-pyrrole nitrogens is 1. The zero-order valence-electron chi connectivity index (χ0n) is 4.39. The lowest BCUT2D eigenvalue weighted by atomic mass is 10.5. The van der Waals surface area contributed by atoms with E-state index in [9.17, 15) is 0 Å². The van der Waals surface area contributed by atoms with Crippen LogP contribution in [0.3, 0.4) is 0 Å². The van der Waals surface area contributed by atoms with Gasteiger partial charge >= 0.3 is 0 Å². The topological polar surface area (TPSA) is 67.6 Å². The molecule has 1 radical (unpaired) electrons. The molecule has 1 rings (SSSR count). The number of hydrogen-bond donors (Lipinski definition) is 2.